The van der Waals surface area contributed by atoms with Crippen LogP contribution in [0.1, 0.15) is 41.6 Å². The van der Waals surface area contributed by atoms with Crippen molar-refractivity contribution < 1.29 is 9.59 Å². The average Bonchev–Trinajstić information content (AvgIpc) is 2.72. The van der Waals surface area contributed by atoms with Crippen LogP contribution in [0.15, 0.2) is 30.3 Å². The van der Waals surface area contributed by atoms with E-state index < -0.39 is 5.91 Å². The largest absolute Gasteiger partial charge is 0.354 e. The van der Waals surface area contributed by atoms with Crippen molar-refractivity contribution >= 4 is 29.2 Å². The second-order valence-corrected chi connectivity index (χ2v) is 8.03. The first-order valence-corrected chi connectivity index (χ1v) is 10.4. The van der Waals surface area contributed by atoms with Crippen LogP contribution in [0.5, 0.6) is 0 Å². The number of piperazine rings is 1. The summed E-state index contributed by atoms with van der Waals surface area (Å²) in [6.45, 7) is 9.35. The van der Waals surface area contributed by atoms with Crippen molar-refractivity contribution in [2.75, 3.05) is 37.6 Å². The summed E-state index contributed by atoms with van der Waals surface area (Å²) in [5, 5.41) is 0.334. The number of rotatable bonds is 5. The van der Waals surface area contributed by atoms with Crippen LogP contribution in [0.25, 0.3) is 0 Å². The Morgan fingerprint density at radius 1 is 1.10 bits per heavy atom. The number of aryl methyl sites for hydroxylation is 1. The van der Waals surface area contributed by atoms with Crippen molar-refractivity contribution in [2.24, 2.45) is 0 Å². The molecular weight excluding hydrogens is 404 g/mol. The number of hydrogen-bond acceptors (Lipinski definition) is 6. The second kappa shape index (κ2) is 9.86. The molecule has 9 heteroatoms. The van der Waals surface area contributed by atoms with E-state index in [9.17, 15) is 9.59 Å². The predicted octanol–water partition coefficient (Wildman–Crippen LogP) is 2.15. The Labute approximate surface area is 181 Å². The molecule has 30 heavy (non-hydrogen) atoms. The maximum Gasteiger partial charge on any atom is 0.271 e. The number of halogens is 1. The van der Waals surface area contributed by atoms with E-state index in [1.54, 1.807) is 24.3 Å². The van der Waals surface area contributed by atoms with Crippen LogP contribution in [0.4, 0.5) is 5.82 Å². The zero-order valence-corrected chi connectivity index (χ0v) is 18.2. The molecule has 0 unspecified atom stereocenters. The minimum absolute atomic E-state index is 0.205. The predicted molar refractivity (Wildman–Crippen MR) is 117 cm³/mol. The molecule has 2 N–H and O–H groups in total. The molecule has 3 rings (SSSR count). The number of anilines is 1. The zero-order valence-electron chi connectivity index (χ0n) is 17.5. The SMILES string of the molecule is Cc1cc(N2CCN(CC(=O)NNC(=O)c3ccccc3Cl)CC2)nc(C(C)C)n1. The van der Waals surface area contributed by atoms with E-state index in [1.165, 1.54) is 0 Å². The van der Waals surface area contributed by atoms with Gasteiger partial charge in [0.15, 0.2) is 0 Å². The van der Waals surface area contributed by atoms with Gasteiger partial charge in [-0.05, 0) is 19.1 Å². The van der Waals surface area contributed by atoms with Crippen LogP contribution in [-0.4, -0.2) is 59.4 Å². The summed E-state index contributed by atoms with van der Waals surface area (Å²) < 4.78 is 0. The van der Waals surface area contributed by atoms with E-state index in [2.05, 4.69) is 39.6 Å². The first kappa shape index (κ1) is 22.0. The monoisotopic (exact) mass is 430 g/mol. The molecule has 1 fully saturated rings. The third-order valence-electron chi connectivity index (χ3n) is 4.87. The highest BCUT2D eigenvalue weighted by Gasteiger charge is 2.21. The minimum Gasteiger partial charge on any atom is -0.354 e. The van der Waals surface area contributed by atoms with Gasteiger partial charge in [-0.25, -0.2) is 9.97 Å². The summed E-state index contributed by atoms with van der Waals surface area (Å²) in [4.78, 5) is 37.8. The normalized spacial score (nSPS) is 14.6. The van der Waals surface area contributed by atoms with Crippen LogP contribution in [0.2, 0.25) is 5.02 Å². The van der Waals surface area contributed by atoms with Gasteiger partial charge in [-0.2, -0.15) is 0 Å². The Kier molecular flexibility index (Phi) is 7.23. The van der Waals surface area contributed by atoms with E-state index in [4.69, 9.17) is 11.6 Å². The molecular formula is C21H27ClN6O2. The van der Waals surface area contributed by atoms with Gasteiger partial charge in [-0.3, -0.25) is 25.3 Å². The highest BCUT2D eigenvalue weighted by atomic mass is 35.5. The number of nitrogens with zero attached hydrogens (tertiary/aromatic N) is 4. The lowest BCUT2D eigenvalue weighted by molar-refractivity contribution is -0.123. The van der Waals surface area contributed by atoms with E-state index in [0.29, 0.717) is 10.6 Å². The fraction of sp³-hybridized carbons (Fsp3) is 0.429. The van der Waals surface area contributed by atoms with Crippen molar-refractivity contribution in [3.05, 3.63) is 52.4 Å². The Balaban J connectivity index is 1.47. The van der Waals surface area contributed by atoms with Gasteiger partial charge in [0.05, 0.1) is 17.1 Å². The second-order valence-electron chi connectivity index (χ2n) is 7.63. The van der Waals surface area contributed by atoms with Crippen molar-refractivity contribution in [1.82, 2.24) is 25.7 Å². The molecule has 1 aromatic heterocycles. The number of hydrogen-bond donors (Lipinski definition) is 2. The summed E-state index contributed by atoms with van der Waals surface area (Å²) in [6, 6.07) is 8.68. The molecule has 2 amide bonds. The van der Waals surface area contributed by atoms with Crippen molar-refractivity contribution in [2.45, 2.75) is 26.7 Å². The highest BCUT2D eigenvalue weighted by Crippen LogP contribution is 2.18. The minimum atomic E-state index is -0.446. The van der Waals surface area contributed by atoms with Gasteiger partial charge in [0, 0.05) is 43.9 Å². The standard InChI is InChI=1S/C21H27ClN6O2/c1-14(2)20-23-15(3)12-18(24-20)28-10-8-27(9-11-28)13-19(29)25-26-21(30)16-6-4-5-7-17(16)22/h4-7,12,14H,8-11,13H2,1-3H3,(H,25,29)(H,26,30). The maximum atomic E-state index is 12.2. The third kappa shape index (κ3) is 5.67. The maximum absolute atomic E-state index is 12.2. The van der Waals surface area contributed by atoms with Crippen LogP contribution >= 0.6 is 11.6 Å². The fourth-order valence-corrected chi connectivity index (χ4v) is 3.43. The van der Waals surface area contributed by atoms with Crippen molar-refractivity contribution in [3.63, 3.8) is 0 Å². The van der Waals surface area contributed by atoms with Gasteiger partial charge in [-0.1, -0.05) is 37.6 Å². The van der Waals surface area contributed by atoms with E-state index in [-0.39, 0.29) is 18.4 Å². The molecule has 0 bridgehead atoms. The molecule has 0 saturated carbocycles. The van der Waals surface area contributed by atoms with Crippen LogP contribution in [-0.2, 0) is 4.79 Å². The molecule has 1 saturated heterocycles. The topological polar surface area (TPSA) is 90.5 Å². The number of amides is 2. The van der Waals surface area contributed by atoms with E-state index in [0.717, 1.165) is 43.5 Å². The molecule has 2 aromatic rings. The number of aromatic nitrogens is 2. The smallest absolute Gasteiger partial charge is 0.271 e. The Hall–Kier alpha value is -2.71. The number of benzene rings is 1. The summed E-state index contributed by atoms with van der Waals surface area (Å²) in [5.41, 5.74) is 6.13. The third-order valence-corrected chi connectivity index (χ3v) is 5.20. The molecule has 1 aliphatic heterocycles. The summed E-state index contributed by atoms with van der Waals surface area (Å²) >= 11 is 6.00. The number of hydrazine groups is 1. The summed E-state index contributed by atoms with van der Waals surface area (Å²) in [5.74, 6) is 1.33. The molecule has 2 heterocycles. The fourth-order valence-electron chi connectivity index (χ4n) is 3.21. The Morgan fingerprint density at radius 3 is 2.47 bits per heavy atom. The molecule has 160 valence electrons. The first-order valence-electron chi connectivity index (χ1n) is 10.00. The Bertz CT molecular complexity index is 912. The number of carbonyl (C=O) groups excluding carboxylic acids is 2. The van der Waals surface area contributed by atoms with Crippen LogP contribution in [0, 0.1) is 6.92 Å². The van der Waals surface area contributed by atoms with E-state index in [1.807, 2.05) is 17.9 Å². The average molecular weight is 431 g/mol. The van der Waals surface area contributed by atoms with Gasteiger partial charge in [0.2, 0.25) is 0 Å². The molecule has 0 atom stereocenters. The summed E-state index contributed by atoms with van der Waals surface area (Å²) in [7, 11) is 0. The number of carbonyl (C=O) groups is 2. The lowest BCUT2D eigenvalue weighted by Crippen LogP contribution is -2.52. The molecule has 8 nitrogen and oxygen atoms in total. The number of nitrogens with one attached hydrogen (secondary N) is 2. The zero-order chi connectivity index (χ0) is 21.7. The highest BCUT2D eigenvalue weighted by molar-refractivity contribution is 6.33. The van der Waals surface area contributed by atoms with Gasteiger partial charge >= 0.3 is 0 Å². The summed E-state index contributed by atoms with van der Waals surface area (Å²) in [6.07, 6.45) is 0. The van der Waals surface area contributed by atoms with E-state index >= 15 is 0 Å². The Morgan fingerprint density at radius 2 is 1.80 bits per heavy atom. The molecule has 0 aliphatic carbocycles. The van der Waals surface area contributed by atoms with Gasteiger partial charge in [0.25, 0.3) is 11.8 Å². The van der Waals surface area contributed by atoms with Gasteiger partial charge in [-0.15, -0.1) is 0 Å². The van der Waals surface area contributed by atoms with Gasteiger partial charge < -0.3 is 4.90 Å². The first-order chi connectivity index (χ1) is 14.3. The lowest BCUT2D eigenvalue weighted by atomic mass is 10.2. The van der Waals surface area contributed by atoms with Crippen molar-refractivity contribution in [3.8, 4) is 0 Å². The van der Waals surface area contributed by atoms with Crippen LogP contribution < -0.4 is 15.8 Å². The molecule has 0 spiro atoms. The molecule has 1 aromatic carbocycles. The molecule has 1 aliphatic rings. The van der Waals surface area contributed by atoms with Gasteiger partial charge in [0.1, 0.15) is 11.6 Å². The van der Waals surface area contributed by atoms with Crippen molar-refractivity contribution in [1.29, 1.82) is 0 Å². The quantitative estimate of drug-likeness (QED) is 0.706. The lowest BCUT2D eigenvalue weighted by Gasteiger charge is -2.35. The van der Waals surface area contributed by atoms with Crippen LogP contribution in [0.3, 0.4) is 0 Å². The molecule has 0 radical (unpaired) electrons.